The van der Waals surface area contributed by atoms with Gasteiger partial charge in [0, 0.05) is 5.25 Å². The van der Waals surface area contributed by atoms with Crippen molar-refractivity contribution in [1.29, 1.82) is 0 Å². The van der Waals surface area contributed by atoms with Gasteiger partial charge in [0.25, 0.3) is 11.8 Å². The quantitative estimate of drug-likeness (QED) is 0.123. The molecule has 3 amide bonds. The first-order valence-electron chi connectivity index (χ1n) is 9.10. The second-order valence-corrected chi connectivity index (χ2v) is 7.94. The molecule has 1 aromatic heterocycles. The first kappa shape index (κ1) is 22.0. The average molecular weight is 445 g/mol. The van der Waals surface area contributed by atoms with Crippen LogP contribution in [0.1, 0.15) is 12.6 Å². The SMILES string of the molecule is C=CCON=C(C(=O)NC1C(=O)N2C(C(=O)O)=CC(C)S[C@@H]12)c1cccc(NC=O)n1. The van der Waals surface area contributed by atoms with E-state index in [9.17, 15) is 24.3 Å². The third-order valence-electron chi connectivity index (χ3n) is 4.32. The number of carboxylic acid groups (broad SMARTS) is 1. The van der Waals surface area contributed by atoms with Crippen molar-refractivity contribution < 1.29 is 29.1 Å². The summed E-state index contributed by atoms with van der Waals surface area (Å²) in [6.45, 7) is 5.34. The molecule has 3 N–H and O–H groups in total. The first-order chi connectivity index (χ1) is 14.9. The number of nitrogens with one attached hydrogen (secondary N) is 2. The Morgan fingerprint density at radius 2 is 2.23 bits per heavy atom. The number of anilines is 1. The van der Waals surface area contributed by atoms with E-state index in [0.717, 1.165) is 4.90 Å². The summed E-state index contributed by atoms with van der Waals surface area (Å²) in [4.78, 5) is 57.9. The van der Waals surface area contributed by atoms with Crippen molar-refractivity contribution in [2.75, 3.05) is 11.9 Å². The predicted octanol–water partition coefficient (Wildman–Crippen LogP) is 0.314. The lowest BCUT2D eigenvalue weighted by Crippen LogP contribution is -2.71. The van der Waals surface area contributed by atoms with E-state index in [1.54, 1.807) is 13.0 Å². The van der Waals surface area contributed by atoms with Crippen molar-refractivity contribution in [3.63, 3.8) is 0 Å². The van der Waals surface area contributed by atoms with Gasteiger partial charge in [-0.2, -0.15) is 0 Å². The summed E-state index contributed by atoms with van der Waals surface area (Å²) >= 11 is 1.35. The highest BCUT2D eigenvalue weighted by Gasteiger charge is 2.54. The number of carbonyl (C=O) groups excluding carboxylic acids is 3. The van der Waals surface area contributed by atoms with Gasteiger partial charge < -0.3 is 20.6 Å². The Morgan fingerprint density at radius 1 is 1.45 bits per heavy atom. The van der Waals surface area contributed by atoms with Crippen LogP contribution in [-0.2, 0) is 24.0 Å². The summed E-state index contributed by atoms with van der Waals surface area (Å²) in [5, 5.41) is 17.4. The maximum atomic E-state index is 12.9. The number of rotatable bonds is 9. The van der Waals surface area contributed by atoms with E-state index in [1.165, 1.54) is 36.0 Å². The molecule has 0 saturated carbocycles. The minimum absolute atomic E-state index is 0.0297. The molecule has 3 heterocycles. The number of oxime groups is 1. The van der Waals surface area contributed by atoms with Crippen LogP contribution in [0.3, 0.4) is 0 Å². The summed E-state index contributed by atoms with van der Waals surface area (Å²) in [5.41, 5.74) is -0.220. The van der Waals surface area contributed by atoms with E-state index in [4.69, 9.17) is 4.84 Å². The van der Waals surface area contributed by atoms with Gasteiger partial charge in [-0.25, -0.2) is 9.78 Å². The molecule has 1 aromatic rings. The van der Waals surface area contributed by atoms with E-state index in [1.807, 2.05) is 0 Å². The van der Waals surface area contributed by atoms with E-state index in [2.05, 4.69) is 27.4 Å². The molecule has 12 heteroatoms. The number of carbonyl (C=O) groups is 4. The largest absolute Gasteiger partial charge is 0.477 e. The number of hydrogen-bond donors (Lipinski definition) is 3. The average Bonchev–Trinajstić information content (AvgIpc) is 2.74. The summed E-state index contributed by atoms with van der Waals surface area (Å²) in [6.07, 6.45) is 3.36. The van der Waals surface area contributed by atoms with Gasteiger partial charge in [0.05, 0.1) is 0 Å². The van der Waals surface area contributed by atoms with Crippen LogP contribution in [0.4, 0.5) is 5.82 Å². The molecule has 162 valence electrons. The third-order valence-corrected chi connectivity index (χ3v) is 5.64. The highest BCUT2D eigenvalue weighted by molar-refractivity contribution is 8.00. The zero-order valence-corrected chi connectivity index (χ0v) is 17.2. The van der Waals surface area contributed by atoms with Gasteiger partial charge in [-0.15, -0.1) is 11.8 Å². The van der Waals surface area contributed by atoms with Crippen molar-refractivity contribution in [1.82, 2.24) is 15.2 Å². The van der Waals surface area contributed by atoms with Crippen LogP contribution >= 0.6 is 11.8 Å². The second kappa shape index (κ2) is 9.43. The zero-order valence-electron chi connectivity index (χ0n) is 16.3. The molecule has 3 atom stereocenters. The lowest BCUT2D eigenvalue weighted by Gasteiger charge is -2.49. The van der Waals surface area contributed by atoms with Crippen LogP contribution in [0, 0.1) is 0 Å². The molecule has 1 fully saturated rings. The Morgan fingerprint density at radius 3 is 2.90 bits per heavy atom. The number of fused-ring (bicyclic) bond motifs is 1. The lowest BCUT2D eigenvalue weighted by molar-refractivity contribution is -0.150. The molecule has 0 spiro atoms. The van der Waals surface area contributed by atoms with Crippen LogP contribution in [0.5, 0.6) is 0 Å². The van der Waals surface area contributed by atoms with Crippen molar-refractivity contribution in [2.24, 2.45) is 5.16 Å². The monoisotopic (exact) mass is 445 g/mol. The fraction of sp³-hybridized carbons (Fsp3) is 0.263. The maximum Gasteiger partial charge on any atom is 0.352 e. The van der Waals surface area contributed by atoms with Crippen molar-refractivity contribution in [3.8, 4) is 0 Å². The standard InChI is InChI=1S/C19H19N5O6S/c1-3-7-30-23-14(11-5-4-6-13(21-11)20-9-25)16(26)22-15-17(27)24-12(19(28)29)8-10(2)31-18(15)24/h3-6,8-10,15,18H,1,7H2,2H3,(H,22,26)(H,28,29)(H,20,21,25)/t10?,15?,18-/m0/s1. The molecule has 2 aliphatic heterocycles. The molecule has 0 radical (unpaired) electrons. The van der Waals surface area contributed by atoms with Crippen molar-refractivity contribution >= 4 is 47.5 Å². The molecule has 11 nitrogen and oxygen atoms in total. The smallest absolute Gasteiger partial charge is 0.352 e. The van der Waals surface area contributed by atoms with Gasteiger partial charge >= 0.3 is 5.97 Å². The fourth-order valence-corrected chi connectivity index (χ4v) is 4.33. The molecule has 2 aliphatic rings. The molecule has 1 saturated heterocycles. The number of β-lactam (4-membered cyclic amide) rings is 1. The van der Waals surface area contributed by atoms with E-state index in [-0.39, 0.29) is 34.8 Å². The Hall–Kier alpha value is -3.67. The highest BCUT2D eigenvalue weighted by Crippen LogP contribution is 2.40. The summed E-state index contributed by atoms with van der Waals surface area (Å²) < 4.78 is 0. The molecular formula is C19H19N5O6S. The Labute approximate surface area is 181 Å². The molecular weight excluding hydrogens is 426 g/mol. The maximum absolute atomic E-state index is 12.9. The number of aromatic nitrogens is 1. The van der Waals surface area contributed by atoms with Crippen molar-refractivity contribution in [2.45, 2.75) is 23.6 Å². The van der Waals surface area contributed by atoms with Crippen LogP contribution < -0.4 is 10.6 Å². The first-order valence-corrected chi connectivity index (χ1v) is 10.0. The topological polar surface area (TPSA) is 150 Å². The van der Waals surface area contributed by atoms with Crippen LogP contribution in [-0.4, -0.2) is 68.2 Å². The number of thioether (sulfide) groups is 1. The minimum atomic E-state index is -1.21. The molecule has 0 aliphatic carbocycles. The summed E-state index contributed by atoms with van der Waals surface area (Å²) in [7, 11) is 0. The van der Waals surface area contributed by atoms with Crippen LogP contribution in [0.2, 0.25) is 0 Å². The van der Waals surface area contributed by atoms with E-state index >= 15 is 0 Å². The minimum Gasteiger partial charge on any atom is -0.477 e. The number of hydrogen-bond acceptors (Lipinski definition) is 8. The van der Waals surface area contributed by atoms with Crippen LogP contribution in [0.15, 0.2) is 47.8 Å². The zero-order chi connectivity index (χ0) is 22.5. The highest BCUT2D eigenvalue weighted by atomic mass is 32.2. The van der Waals surface area contributed by atoms with Crippen LogP contribution in [0.25, 0.3) is 0 Å². The van der Waals surface area contributed by atoms with Gasteiger partial charge in [0.2, 0.25) is 6.41 Å². The molecule has 3 rings (SSSR count). The number of pyridine rings is 1. The molecule has 0 bridgehead atoms. The van der Waals surface area contributed by atoms with Gasteiger partial charge in [0.1, 0.15) is 35.2 Å². The second-order valence-electron chi connectivity index (χ2n) is 6.44. The summed E-state index contributed by atoms with van der Waals surface area (Å²) in [5.74, 6) is -2.30. The number of carboxylic acids is 1. The van der Waals surface area contributed by atoms with E-state index in [0.29, 0.717) is 6.41 Å². The molecule has 2 unspecified atom stereocenters. The van der Waals surface area contributed by atoms with Crippen molar-refractivity contribution in [3.05, 3.63) is 48.3 Å². The Balaban J connectivity index is 1.82. The van der Waals surface area contributed by atoms with Gasteiger partial charge in [-0.1, -0.05) is 23.9 Å². The normalized spacial score (nSPS) is 22.4. The molecule has 0 aromatic carbocycles. The predicted molar refractivity (Wildman–Crippen MR) is 112 cm³/mol. The molecule has 31 heavy (non-hydrogen) atoms. The number of nitrogens with zero attached hydrogens (tertiary/aromatic N) is 3. The van der Waals surface area contributed by atoms with Gasteiger partial charge in [-0.05, 0) is 25.1 Å². The lowest BCUT2D eigenvalue weighted by atomic mass is 10.0. The van der Waals surface area contributed by atoms with Gasteiger partial charge in [0.15, 0.2) is 5.71 Å². The van der Waals surface area contributed by atoms with E-state index < -0.39 is 29.2 Å². The Bertz CT molecular complexity index is 994. The third kappa shape index (κ3) is 4.58. The summed E-state index contributed by atoms with van der Waals surface area (Å²) in [6, 6.07) is 3.63. The Kier molecular flexibility index (Phi) is 6.70. The fourth-order valence-electron chi connectivity index (χ4n) is 3.00. The van der Waals surface area contributed by atoms with Gasteiger partial charge in [-0.3, -0.25) is 19.3 Å². The number of aliphatic carboxylic acids is 1. The number of amides is 3.